The molecule has 10 heteroatoms. The van der Waals surface area contributed by atoms with E-state index in [0.717, 1.165) is 5.57 Å². The molecule has 1 N–H and O–H groups in total. The standard InChI is InChI=1S/C29H34O10/c1-15(30)24(37-16(2)31)27(4)14-29(34)28(5,20(27)12-21(32)35-6)18-7-9-26(3)19(23(18)39-29)11-22(33)38-25(26)17-8-10-36-13-17/h8,10-11,13,20,24-25,34H,7,9,12,14H2,1-6H3. The molecule has 1 saturated carbocycles. The monoisotopic (exact) mass is 542 g/mol. The molecule has 2 aliphatic carbocycles. The van der Waals surface area contributed by atoms with Gasteiger partial charge in [-0.1, -0.05) is 13.8 Å². The second kappa shape index (κ2) is 8.81. The van der Waals surface area contributed by atoms with Gasteiger partial charge in [-0.25, -0.2) is 4.79 Å². The molecular formula is C29H34O10. The lowest BCUT2D eigenvalue weighted by molar-refractivity contribution is -0.210. The van der Waals surface area contributed by atoms with Gasteiger partial charge >= 0.3 is 17.9 Å². The molecule has 0 saturated heterocycles. The molecule has 4 aliphatic rings. The summed E-state index contributed by atoms with van der Waals surface area (Å²) in [6.07, 6.45) is 3.42. The van der Waals surface area contributed by atoms with Crippen LogP contribution in [0, 0.1) is 22.2 Å². The summed E-state index contributed by atoms with van der Waals surface area (Å²) in [6.45, 7) is 8.07. The largest absolute Gasteiger partial charge is 0.472 e. The number of hydrogen-bond acceptors (Lipinski definition) is 10. The minimum absolute atomic E-state index is 0.0950. The Labute approximate surface area is 226 Å². The van der Waals surface area contributed by atoms with Crippen molar-refractivity contribution in [3.63, 3.8) is 0 Å². The third-order valence-electron chi connectivity index (χ3n) is 9.62. The number of ketones is 1. The van der Waals surface area contributed by atoms with Crippen LogP contribution in [-0.4, -0.2) is 47.8 Å². The first-order chi connectivity index (χ1) is 18.2. The highest BCUT2D eigenvalue weighted by Gasteiger charge is 2.75. The van der Waals surface area contributed by atoms with E-state index in [1.54, 1.807) is 19.3 Å². The zero-order valence-electron chi connectivity index (χ0n) is 23.0. The fraction of sp³-hybridized carbons (Fsp3) is 0.586. The summed E-state index contributed by atoms with van der Waals surface area (Å²) in [4.78, 5) is 50.3. The van der Waals surface area contributed by atoms with Gasteiger partial charge in [-0.05, 0) is 44.2 Å². The number of allylic oxidation sites excluding steroid dienone is 1. The molecule has 0 spiro atoms. The lowest BCUT2D eigenvalue weighted by atomic mass is 9.58. The van der Waals surface area contributed by atoms with Crippen molar-refractivity contribution in [3.05, 3.63) is 47.1 Å². The first-order valence-electron chi connectivity index (χ1n) is 13.1. The summed E-state index contributed by atoms with van der Waals surface area (Å²) < 4.78 is 28.0. The number of ether oxygens (including phenoxy) is 4. The first-order valence-corrected chi connectivity index (χ1v) is 13.1. The third kappa shape index (κ3) is 3.71. The van der Waals surface area contributed by atoms with Crippen LogP contribution in [0.2, 0.25) is 0 Å². The normalized spacial score (nSPS) is 37.5. The molecule has 2 aliphatic heterocycles. The lowest BCUT2D eigenvalue weighted by Crippen LogP contribution is -2.48. The molecule has 1 aromatic rings. The van der Waals surface area contributed by atoms with E-state index in [1.807, 2.05) is 13.8 Å². The fourth-order valence-corrected chi connectivity index (χ4v) is 7.75. The molecule has 7 unspecified atom stereocenters. The number of fused-ring (bicyclic) bond motifs is 4. The second-order valence-electron chi connectivity index (χ2n) is 11.9. The zero-order chi connectivity index (χ0) is 28.5. The molecule has 0 radical (unpaired) electrons. The summed E-state index contributed by atoms with van der Waals surface area (Å²) >= 11 is 0. The maximum atomic E-state index is 12.8. The van der Waals surface area contributed by atoms with Gasteiger partial charge in [0.05, 0.1) is 31.5 Å². The van der Waals surface area contributed by atoms with E-state index in [0.29, 0.717) is 29.7 Å². The van der Waals surface area contributed by atoms with Crippen molar-refractivity contribution in [2.75, 3.05) is 7.11 Å². The van der Waals surface area contributed by atoms with Gasteiger partial charge in [-0.2, -0.15) is 0 Å². The van der Waals surface area contributed by atoms with E-state index in [-0.39, 0.29) is 12.8 Å². The Kier molecular flexibility index (Phi) is 6.14. The molecule has 7 atom stereocenters. The van der Waals surface area contributed by atoms with Gasteiger partial charge in [0.2, 0.25) is 5.79 Å². The van der Waals surface area contributed by atoms with Crippen LogP contribution < -0.4 is 0 Å². The summed E-state index contributed by atoms with van der Waals surface area (Å²) in [7, 11) is 1.27. The average molecular weight is 543 g/mol. The molecule has 39 heavy (non-hydrogen) atoms. The maximum Gasteiger partial charge on any atom is 0.331 e. The number of Topliss-reactive ketones (excluding diaryl/α,β-unsaturated/α-hetero) is 1. The van der Waals surface area contributed by atoms with E-state index in [4.69, 9.17) is 23.4 Å². The van der Waals surface area contributed by atoms with Gasteiger partial charge in [-0.15, -0.1) is 0 Å². The maximum absolute atomic E-state index is 12.8. The number of aliphatic hydroxyl groups is 1. The SMILES string of the molecule is COC(=O)CC1C(C)(C(OC(C)=O)C(C)=O)CC2(O)OC3=C(CCC4(C)C3=CC(=O)OC4c3ccoc3)C12C. The summed E-state index contributed by atoms with van der Waals surface area (Å²) in [6, 6.07) is 1.75. The highest BCUT2D eigenvalue weighted by molar-refractivity contribution is 5.86. The molecular weight excluding hydrogens is 508 g/mol. The predicted molar refractivity (Wildman–Crippen MR) is 133 cm³/mol. The molecule has 210 valence electrons. The molecule has 0 aromatic carbocycles. The Morgan fingerprint density at radius 1 is 1.21 bits per heavy atom. The summed E-state index contributed by atoms with van der Waals surface area (Å²) in [5, 5.41) is 12.2. The first kappa shape index (κ1) is 27.2. The Morgan fingerprint density at radius 3 is 2.51 bits per heavy atom. The average Bonchev–Trinajstić information content (AvgIpc) is 3.50. The van der Waals surface area contributed by atoms with Crippen LogP contribution in [0.15, 0.2) is 46.0 Å². The Balaban J connectivity index is 1.66. The number of carbonyl (C=O) groups is 4. The highest BCUT2D eigenvalue weighted by Crippen LogP contribution is 2.73. The van der Waals surface area contributed by atoms with Gasteiger partial charge in [0.1, 0.15) is 11.9 Å². The van der Waals surface area contributed by atoms with Gasteiger partial charge < -0.3 is 28.5 Å². The Morgan fingerprint density at radius 2 is 1.92 bits per heavy atom. The van der Waals surface area contributed by atoms with Crippen LogP contribution in [0.5, 0.6) is 0 Å². The summed E-state index contributed by atoms with van der Waals surface area (Å²) in [5.41, 5.74) is -0.913. The zero-order valence-corrected chi connectivity index (χ0v) is 23.0. The van der Waals surface area contributed by atoms with Crippen LogP contribution in [0.3, 0.4) is 0 Å². The summed E-state index contributed by atoms with van der Waals surface area (Å²) in [5.74, 6) is -4.26. The van der Waals surface area contributed by atoms with Gasteiger partial charge in [0.25, 0.3) is 0 Å². The molecule has 0 amide bonds. The molecule has 1 aromatic heterocycles. The van der Waals surface area contributed by atoms with Crippen molar-refractivity contribution >= 4 is 23.7 Å². The number of cyclic esters (lactones) is 1. The molecule has 3 heterocycles. The van der Waals surface area contributed by atoms with Gasteiger partial charge in [0.15, 0.2) is 11.9 Å². The van der Waals surface area contributed by atoms with Crippen molar-refractivity contribution < 1.29 is 47.6 Å². The highest BCUT2D eigenvalue weighted by atomic mass is 16.6. The number of hydrogen-bond donors (Lipinski definition) is 1. The molecule has 1 fully saturated rings. The quantitative estimate of drug-likeness (QED) is 0.418. The number of carbonyl (C=O) groups excluding carboxylic acids is 4. The molecule has 5 rings (SSSR count). The molecule has 10 nitrogen and oxygen atoms in total. The van der Waals surface area contributed by atoms with Crippen molar-refractivity contribution in [2.45, 2.75) is 78.3 Å². The van der Waals surface area contributed by atoms with Crippen molar-refractivity contribution in [3.8, 4) is 0 Å². The third-order valence-corrected chi connectivity index (χ3v) is 9.62. The van der Waals surface area contributed by atoms with E-state index < -0.39 is 63.8 Å². The predicted octanol–water partition coefficient (Wildman–Crippen LogP) is 3.69. The topological polar surface area (TPSA) is 139 Å². The van der Waals surface area contributed by atoms with Crippen LogP contribution in [0.1, 0.15) is 72.0 Å². The van der Waals surface area contributed by atoms with Crippen molar-refractivity contribution in [1.82, 2.24) is 0 Å². The number of methoxy groups -OCH3 is 1. The smallest absolute Gasteiger partial charge is 0.331 e. The van der Waals surface area contributed by atoms with Gasteiger partial charge in [-0.3, -0.25) is 14.4 Å². The Bertz CT molecular complexity index is 1310. The van der Waals surface area contributed by atoms with Crippen molar-refractivity contribution in [2.24, 2.45) is 22.2 Å². The van der Waals surface area contributed by atoms with E-state index in [9.17, 15) is 24.3 Å². The lowest BCUT2D eigenvalue weighted by Gasteiger charge is -2.46. The van der Waals surface area contributed by atoms with Crippen LogP contribution in [-0.2, 0) is 38.1 Å². The fourth-order valence-electron chi connectivity index (χ4n) is 7.75. The minimum atomic E-state index is -1.85. The minimum Gasteiger partial charge on any atom is -0.472 e. The van der Waals surface area contributed by atoms with Crippen LogP contribution >= 0.6 is 0 Å². The Hall–Kier alpha value is -3.40. The number of furan rings is 1. The van der Waals surface area contributed by atoms with Crippen LogP contribution in [0.4, 0.5) is 0 Å². The van der Waals surface area contributed by atoms with Crippen LogP contribution in [0.25, 0.3) is 0 Å². The van der Waals surface area contributed by atoms with Gasteiger partial charge in [0, 0.05) is 41.4 Å². The van der Waals surface area contributed by atoms with Crippen molar-refractivity contribution in [1.29, 1.82) is 0 Å². The number of rotatable bonds is 6. The van der Waals surface area contributed by atoms with E-state index >= 15 is 0 Å². The second-order valence-corrected chi connectivity index (χ2v) is 11.9. The van der Waals surface area contributed by atoms with E-state index in [2.05, 4.69) is 0 Å². The van der Waals surface area contributed by atoms with E-state index in [1.165, 1.54) is 33.3 Å². The molecule has 0 bridgehead atoms. The number of esters is 3.